The number of Topliss-reactive ketones (excluding diaryl/α,β-unsaturated/α-hetero) is 1. The van der Waals surface area contributed by atoms with Crippen LogP contribution in [0, 0.1) is 0 Å². The summed E-state index contributed by atoms with van der Waals surface area (Å²) in [6.45, 7) is 7.52. The van der Waals surface area contributed by atoms with Crippen LogP contribution >= 0.6 is 23.5 Å². The van der Waals surface area contributed by atoms with Crippen LogP contribution in [-0.2, 0) is 66.3 Å². The zero-order chi connectivity index (χ0) is 60.6. The van der Waals surface area contributed by atoms with Gasteiger partial charge in [0.05, 0.1) is 17.8 Å². The molecule has 2 aromatic carbocycles. The van der Waals surface area contributed by atoms with Gasteiger partial charge in [-0.2, -0.15) is 8.61 Å². The Labute approximate surface area is 493 Å². The molecule has 0 bridgehead atoms. The average Bonchev–Trinajstić information content (AvgIpc) is 1.84. The standard InChI is InChI=1S/C54H63N9O17S4/c1-53(2)46(62(33-81-53)83(73,74)41-7-5-17-55-30-41)44(65)29-40(78-35-64)27-36-9-13-38(14-10-36)79-51(71)60-21-19-58(20-22-60)45(66)32-77-50(70)59-23-25-61(26-24-59)52(72)80-39-15-11-37(12-16-39)28-43(49(68)69)57-48(67)47-54(3,4)82-34-63(47)84(75,76)42-8-6-18-56-31-42/h5-18,30-31,35,40,43,46-47H,19-29,32-34H2,1-4H3,(H,57,67)(H,68,69)/t40-,43+,46-,47-/m1/s1. The minimum Gasteiger partial charge on any atom is -0.480 e. The third-order valence-electron chi connectivity index (χ3n) is 14.5. The molecule has 5 amide bonds. The number of ketones is 1. The molecular weight excluding hydrogens is 1170 g/mol. The van der Waals surface area contributed by atoms with E-state index in [1.807, 2.05) is 0 Å². The summed E-state index contributed by atoms with van der Waals surface area (Å²) >= 11 is 2.57. The highest BCUT2D eigenvalue weighted by Gasteiger charge is 2.53. The first-order valence-corrected chi connectivity index (χ1v) is 31.3. The van der Waals surface area contributed by atoms with E-state index >= 15 is 0 Å². The van der Waals surface area contributed by atoms with E-state index in [0.717, 1.165) is 8.61 Å². The van der Waals surface area contributed by atoms with Crippen molar-refractivity contribution in [1.82, 2.24) is 43.5 Å². The van der Waals surface area contributed by atoms with Crippen LogP contribution in [0.2, 0.25) is 0 Å². The van der Waals surface area contributed by atoms with Crippen molar-refractivity contribution in [2.24, 2.45) is 0 Å². The quantitative estimate of drug-likeness (QED) is 0.120. The number of benzene rings is 2. The second-order valence-corrected chi connectivity index (χ2v) is 28.0. The molecule has 0 aliphatic carbocycles. The number of hydrogen-bond acceptors (Lipinski definition) is 20. The molecule has 26 nitrogen and oxygen atoms in total. The van der Waals surface area contributed by atoms with E-state index in [9.17, 15) is 60.3 Å². The number of nitrogens with one attached hydrogen (secondary N) is 1. The number of rotatable bonds is 20. The molecule has 0 unspecified atom stereocenters. The molecule has 0 radical (unpaired) electrons. The molecule has 0 saturated carbocycles. The number of ether oxygens (including phenoxy) is 4. The number of aliphatic carboxylic acids is 1. The van der Waals surface area contributed by atoms with Gasteiger partial charge in [0.15, 0.2) is 12.4 Å². The van der Waals surface area contributed by atoms with Crippen molar-refractivity contribution >= 4 is 91.9 Å². The number of sulfonamides is 2. The Balaban J connectivity index is 0.727. The maximum Gasteiger partial charge on any atom is 0.415 e. The van der Waals surface area contributed by atoms with Crippen LogP contribution in [0.4, 0.5) is 14.4 Å². The molecule has 84 heavy (non-hydrogen) atoms. The fourth-order valence-electron chi connectivity index (χ4n) is 9.91. The first-order chi connectivity index (χ1) is 39.9. The molecule has 4 saturated heterocycles. The molecule has 4 atom stereocenters. The molecule has 0 spiro atoms. The van der Waals surface area contributed by atoms with Gasteiger partial charge in [-0.05, 0) is 87.4 Å². The van der Waals surface area contributed by atoms with Gasteiger partial charge < -0.3 is 49.0 Å². The van der Waals surface area contributed by atoms with Crippen molar-refractivity contribution in [2.45, 2.75) is 90.5 Å². The zero-order valence-electron chi connectivity index (χ0n) is 46.2. The number of carbonyl (C=O) groups is 8. The number of nitrogens with zero attached hydrogens (tertiary/aromatic N) is 8. The Morgan fingerprint density at radius 3 is 1.54 bits per heavy atom. The van der Waals surface area contributed by atoms with E-state index in [-0.39, 0.29) is 111 Å². The first kappa shape index (κ1) is 62.7. The predicted molar refractivity (Wildman–Crippen MR) is 302 cm³/mol. The van der Waals surface area contributed by atoms with Crippen molar-refractivity contribution in [2.75, 3.05) is 70.7 Å². The Bertz CT molecular complexity index is 3300. The molecule has 4 aliphatic heterocycles. The Hall–Kier alpha value is -7.38. The Morgan fingerprint density at radius 2 is 1.08 bits per heavy atom. The molecular formula is C54H63N9O17S4. The maximum atomic E-state index is 13.8. The van der Waals surface area contributed by atoms with E-state index in [2.05, 4.69) is 15.3 Å². The van der Waals surface area contributed by atoms with Crippen LogP contribution in [0.5, 0.6) is 11.5 Å². The normalized spacial score (nSPS) is 19.8. The number of amides is 5. The number of carboxylic acids is 1. The number of carbonyl (C=O) groups excluding carboxylic acids is 7. The molecule has 450 valence electrons. The average molecular weight is 1240 g/mol. The summed E-state index contributed by atoms with van der Waals surface area (Å²) in [6, 6.07) is 14.4. The van der Waals surface area contributed by atoms with E-state index in [0.29, 0.717) is 11.1 Å². The molecule has 2 aromatic heterocycles. The predicted octanol–water partition coefficient (Wildman–Crippen LogP) is 3.31. The zero-order valence-corrected chi connectivity index (χ0v) is 49.5. The molecule has 30 heteroatoms. The summed E-state index contributed by atoms with van der Waals surface area (Å²) in [5, 5.41) is 12.6. The summed E-state index contributed by atoms with van der Waals surface area (Å²) in [6.07, 6.45) is 1.90. The van der Waals surface area contributed by atoms with E-state index in [4.69, 9.17) is 18.9 Å². The lowest BCUT2D eigenvalue weighted by Gasteiger charge is -2.35. The van der Waals surface area contributed by atoms with Crippen LogP contribution in [0.15, 0.2) is 107 Å². The Morgan fingerprint density at radius 1 is 0.643 bits per heavy atom. The van der Waals surface area contributed by atoms with Gasteiger partial charge in [0, 0.05) is 106 Å². The second-order valence-electron chi connectivity index (χ2n) is 21.0. The second kappa shape index (κ2) is 26.7. The summed E-state index contributed by atoms with van der Waals surface area (Å²) in [5.41, 5.74) is 1.12. The smallest absolute Gasteiger partial charge is 0.415 e. The van der Waals surface area contributed by atoms with Crippen molar-refractivity contribution in [3.63, 3.8) is 0 Å². The number of aromatic nitrogens is 2. The lowest BCUT2D eigenvalue weighted by Crippen LogP contribution is -2.56. The van der Waals surface area contributed by atoms with E-state index in [1.54, 1.807) is 52.0 Å². The molecule has 4 aliphatic rings. The van der Waals surface area contributed by atoms with Gasteiger partial charge in [-0.3, -0.25) is 29.1 Å². The van der Waals surface area contributed by atoms with Gasteiger partial charge >= 0.3 is 24.2 Å². The third kappa shape index (κ3) is 14.9. The molecule has 8 rings (SSSR count). The van der Waals surface area contributed by atoms with Crippen molar-refractivity contribution in [1.29, 1.82) is 0 Å². The number of hydrogen-bond donors (Lipinski definition) is 2. The number of thioether (sulfide) groups is 2. The Kier molecular flexibility index (Phi) is 19.9. The minimum absolute atomic E-state index is 0.0311. The van der Waals surface area contributed by atoms with Crippen LogP contribution in [0.25, 0.3) is 0 Å². The van der Waals surface area contributed by atoms with Crippen molar-refractivity contribution in [3.05, 3.63) is 109 Å². The van der Waals surface area contributed by atoms with Crippen molar-refractivity contribution < 1.29 is 79.2 Å². The fourth-order valence-corrected chi connectivity index (χ4v) is 16.2. The summed E-state index contributed by atoms with van der Waals surface area (Å²) < 4.78 is 76.4. The number of pyridine rings is 2. The summed E-state index contributed by atoms with van der Waals surface area (Å²) in [7, 11) is -8.21. The van der Waals surface area contributed by atoms with Crippen LogP contribution in [0.1, 0.15) is 45.2 Å². The molecule has 4 aromatic rings. The van der Waals surface area contributed by atoms with Crippen LogP contribution in [0.3, 0.4) is 0 Å². The number of piperazine rings is 2. The number of carboxylic acid groups (broad SMARTS) is 1. The van der Waals surface area contributed by atoms with Crippen molar-refractivity contribution in [3.8, 4) is 11.5 Å². The topological polar surface area (TPSA) is 319 Å². The van der Waals surface area contributed by atoms with Gasteiger partial charge in [0.1, 0.15) is 39.5 Å². The van der Waals surface area contributed by atoms with E-state index in [1.165, 1.54) is 116 Å². The maximum absolute atomic E-state index is 13.8. The van der Waals surface area contributed by atoms with Gasteiger partial charge in [-0.15, -0.1) is 23.5 Å². The first-order valence-electron chi connectivity index (χ1n) is 26.5. The lowest BCUT2D eigenvalue weighted by molar-refractivity contribution is -0.142. The highest BCUT2D eigenvalue weighted by molar-refractivity contribution is 8.02. The fraction of sp³-hybridized carbons (Fsp3) is 0.444. The highest BCUT2D eigenvalue weighted by Crippen LogP contribution is 2.44. The van der Waals surface area contributed by atoms with Gasteiger partial charge in [-0.25, -0.2) is 36.0 Å². The largest absolute Gasteiger partial charge is 0.480 e. The monoisotopic (exact) mass is 1240 g/mol. The van der Waals surface area contributed by atoms with Gasteiger partial charge in [0.2, 0.25) is 26.0 Å². The van der Waals surface area contributed by atoms with Gasteiger partial charge in [-0.1, -0.05) is 24.3 Å². The van der Waals surface area contributed by atoms with Gasteiger partial charge in [0.25, 0.3) is 12.4 Å². The van der Waals surface area contributed by atoms with Crippen LogP contribution < -0.4 is 14.8 Å². The molecule has 2 N–H and O–H groups in total. The lowest BCUT2D eigenvalue weighted by atomic mass is 9.93. The summed E-state index contributed by atoms with van der Waals surface area (Å²) in [5.74, 6) is -2.65. The molecule has 4 fully saturated rings. The minimum atomic E-state index is -4.15. The molecule has 6 heterocycles. The SMILES string of the molecule is CC1(C)SCN(S(=O)(=O)c2cccnc2)[C@@H]1C(=O)C[C@@H](Cc1ccc(OC(=O)N2CCN(C(=O)COC(=O)N3CCN(C(=O)Oc4ccc(C[C@H](NC(=O)[C@H]5N(S(=O)(=O)c6cccnc6)CSC5(C)C)C(=O)O)cc4)CC3)CC2)cc1)OC=O. The van der Waals surface area contributed by atoms with Crippen LogP contribution in [-0.4, -0.2) is 213 Å². The highest BCUT2D eigenvalue weighted by atomic mass is 32.2. The van der Waals surface area contributed by atoms with E-state index < -0.39 is 102 Å². The third-order valence-corrected chi connectivity index (χ3v) is 21.2. The summed E-state index contributed by atoms with van der Waals surface area (Å²) in [4.78, 5) is 117.